The minimum atomic E-state index is -0.105. The molecule has 0 radical (unpaired) electrons. The highest BCUT2D eigenvalue weighted by atomic mass is 16.5. The van der Waals surface area contributed by atoms with Gasteiger partial charge in [-0.1, -0.05) is 0 Å². The summed E-state index contributed by atoms with van der Waals surface area (Å²) in [6.45, 7) is 9.66. The predicted octanol–water partition coefficient (Wildman–Crippen LogP) is 2.59. The van der Waals surface area contributed by atoms with Crippen molar-refractivity contribution in [3.8, 4) is 17.2 Å². The van der Waals surface area contributed by atoms with E-state index in [1.807, 2.05) is 25.7 Å². The molecule has 0 aliphatic carbocycles. The topological polar surface area (TPSA) is 77.5 Å². The van der Waals surface area contributed by atoms with Gasteiger partial charge >= 0.3 is 0 Å². The number of rotatable bonds is 10. The molecule has 1 aromatic rings. The van der Waals surface area contributed by atoms with Crippen molar-refractivity contribution in [2.75, 3.05) is 59.7 Å². The molecular formula is C22H34N2O6. The van der Waals surface area contributed by atoms with Gasteiger partial charge in [-0.2, -0.15) is 0 Å². The summed E-state index contributed by atoms with van der Waals surface area (Å²) in [5, 5.41) is 0. The van der Waals surface area contributed by atoms with Crippen molar-refractivity contribution >= 4 is 11.8 Å². The third-order valence-electron chi connectivity index (χ3n) is 4.81. The lowest BCUT2D eigenvalue weighted by atomic mass is 10.1. The maximum Gasteiger partial charge on any atom is 0.254 e. The highest BCUT2D eigenvalue weighted by Gasteiger charge is 2.25. The molecule has 0 N–H and O–H groups in total. The number of carbonyl (C=O) groups is 2. The summed E-state index contributed by atoms with van der Waals surface area (Å²) in [5.41, 5.74) is 0.490. The Balaban J connectivity index is 2.19. The van der Waals surface area contributed by atoms with Crippen molar-refractivity contribution in [1.29, 1.82) is 0 Å². The molecule has 0 aromatic heterocycles. The number of amides is 2. The molecule has 168 valence electrons. The molecule has 1 aromatic carbocycles. The predicted molar refractivity (Wildman–Crippen MR) is 114 cm³/mol. The van der Waals surface area contributed by atoms with Gasteiger partial charge in [-0.15, -0.1) is 0 Å². The van der Waals surface area contributed by atoms with E-state index in [-0.39, 0.29) is 11.8 Å². The maximum atomic E-state index is 13.2. The van der Waals surface area contributed by atoms with E-state index in [4.69, 9.17) is 18.9 Å². The van der Waals surface area contributed by atoms with Crippen LogP contribution < -0.4 is 14.2 Å². The van der Waals surface area contributed by atoms with E-state index in [9.17, 15) is 9.59 Å². The van der Waals surface area contributed by atoms with Crippen LogP contribution in [-0.2, 0) is 9.53 Å². The fourth-order valence-corrected chi connectivity index (χ4v) is 3.41. The second-order valence-corrected chi connectivity index (χ2v) is 6.87. The average Bonchev–Trinajstić information content (AvgIpc) is 3.00. The van der Waals surface area contributed by atoms with E-state index in [1.165, 1.54) is 0 Å². The monoisotopic (exact) mass is 422 g/mol. The molecule has 1 aliphatic rings. The van der Waals surface area contributed by atoms with Gasteiger partial charge in [0.15, 0.2) is 11.5 Å². The summed E-state index contributed by atoms with van der Waals surface area (Å²) < 4.78 is 22.2. The SMILES string of the molecule is CCOc1cc(C(=O)N2CCCN(C(=O)CCOC)CC2)cc(OCC)c1OCC. The van der Waals surface area contributed by atoms with Crippen LogP contribution in [0.15, 0.2) is 12.1 Å². The summed E-state index contributed by atoms with van der Waals surface area (Å²) in [7, 11) is 1.58. The van der Waals surface area contributed by atoms with Crippen LogP contribution in [0, 0.1) is 0 Å². The summed E-state index contributed by atoms with van der Waals surface area (Å²) in [6.07, 6.45) is 1.09. The summed E-state index contributed by atoms with van der Waals surface area (Å²) in [5.74, 6) is 1.47. The van der Waals surface area contributed by atoms with Crippen molar-refractivity contribution in [2.45, 2.75) is 33.6 Å². The van der Waals surface area contributed by atoms with Gasteiger partial charge in [0.25, 0.3) is 5.91 Å². The van der Waals surface area contributed by atoms with E-state index in [0.717, 1.165) is 6.42 Å². The molecule has 8 nitrogen and oxygen atoms in total. The van der Waals surface area contributed by atoms with Crippen molar-refractivity contribution in [1.82, 2.24) is 9.80 Å². The van der Waals surface area contributed by atoms with Gasteiger partial charge < -0.3 is 28.7 Å². The fraction of sp³-hybridized carbons (Fsp3) is 0.636. The van der Waals surface area contributed by atoms with Crippen LogP contribution in [0.25, 0.3) is 0 Å². The zero-order chi connectivity index (χ0) is 21.9. The number of methoxy groups -OCH3 is 1. The van der Waals surface area contributed by atoms with Crippen molar-refractivity contribution in [3.05, 3.63) is 17.7 Å². The number of carbonyl (C=O) groups excluding carboxylic acids is 2. The molecule has 2 rings (SSSR count). The van der Waals surface area contributed by atoms with Gasteiger partial charge in [-0.25, -0.2) is 0 Å². The molecule has 0 unspecified atom stereocenters. The number of nitrogens with zero attached hydrogens (tertiary/aromatic N) is 2. The molecule has 0 saturated carbocycles. The first-order valence-electron chi connectivity index (χ1n) is 10.7. The largest absolute Gasteiger partial charge is 0.490 e. The lowest BCUT2D eigenvalue weighted by Crippen LogP contribution is -2.37. The average molecular weight is 423 g/mol. The van der Waals surface area contributed by atoms with Gasteiger partial charge in [0, 0.05) is 38.9 Å². The second kappa shape index (κ2) is 12.3. The molecule has 0 spiro atoms. The molecule has 1 aliphatic heterocycles. The van der Waals surface area contributed by atoms with Gasteiger partial charge in [-0.3, -0.25) is 9.59 Å². The highest BCUT2D eigenvalue weighted by Crippen LogP contribution is 2.39. The molecule has 1 fully saturated rings. The Morgan fingerprint density at radius 3 is 2.00 bits per heavy atom. The first kappa shape index (κ1) is 23.8. The van der Waals surface area contributed by atoms with Gasteiger partial charge in [-0.05, 0) is 39.3 Å². The van der Waals surface area contributed by atoms with Gasteiger partial charge in [0.1, 0.15) is 0 Å². The van der Waals surface area contributed by atoms with Crippen molar-refractivity contribution < 1.29 is 28.5 Å². The number of hydrogen-bond acceptors (Lipinski definition) is 6. The Bertz CT molecular complexity index is 682. The van der Waals surface area contributed by atoms with Crippen LogP contribution in [0.3, 0.4) is 0 Å². The van der Waals surface area contributed by atoms with Crippen molar-refractivity contribution in [2.24, 2.45) is 0 Å². The fourth-order valence-electron chi connectivity index (χ4n) is 3.41. The number of benzene rings is 1. The van der Waals surface area contributed by atoms with Crippen molar-refractivity contribution in [3.63, 3.8) is 0 Å². The van der Waals surface area contributed by atoms with Crippen LogP contribution in [0.1, 0.15) is 44.0 Å². The normalized spacial score (nSPS) is 14.3. The molecule has 30 heavy (non-hydrogen) atoms. The van der Waals surface area contributed by atoms with Crippen LogP contribution in [0.2, 0.25) is 0 Å². The molecule has 8 heteroatoms. The number of hydrogen-bond donors (Lipinski definition) is 0. The zero-order valence-electron chi connectivity index (χ0n) is 18.6. The molecule has 0 bridgehead atoms. The maximum absolute atomic E-state index is 13.2. The first-order valence-corrected chi connectivity index (χ1v) is 10.7. The lowest BCUT2D eigenvalue weighted by molar-refractivity contribution is -0.132. The quantitative estimate of drug-likeness (QED) is 0.577. The van der Waals surface area contributed by atoms with E-state index in [2.05, 4.69) is 0 Å². The Kier molecular flexibility index (Phi) is 9.73. The second-order valence-electron chi connectivity index (χ2n) is 6.87. The van der Waals surface area contributed by atoms with Gasteiger partial charge in [0.2, 0.25) is 11.7 Å². The molecular weight excluding hydrogens is 388 g/mol. The Morgan fingerprint density at radius 1 is 0.867 bits per heavy atom. The van der Waals surface area contributed by atoms with E-state index < -0.39 is 0 Å². The first-order chi connectivity index (χ1) is 14.5. The Morgan fingerprint density at radius 2 is 1.43 bits per heavy atom. The van der Waals surface area contributed by atoms with E-state index in [1.54, 1.807) is 24.1 Å². The summed E-state index contributed by atoms with van der Waals surface area (Å²) in [6, 6.07) is 3.43. The number of ether oxygens (including phenoxy) is 4. The molecule has 1 heterocycles. The van der Waals surface area contributed by atoms with Crippen LogP contribution in [0.5, 0.6) is 17.2 Å². The lowest BCUT2D eigenvalue weighted by Gasteiger charge is -2.23. The molecule has 0 atom stereocenters. The summed E-state index contributed by atoms with van der Waals surface area (Å²) in [4.78, 5) is 29.1. The van der Waals surface area contributed by atoms with Crippen LogP contribution >= 0.6 is 0 Å². The highest BCUT2D eigenvalue weighted by molar-refractivity contribution is 5.95. The minimum Gasteiger partial charge on any atom is -0.490 e. The van der Waals surface area contributed by atoms with E-state index in [0.29, 0.717) is 81.8 Å². The summed E-state index contributed by atoms with van der Waals surface area (Å²) >= 11 is 0. The minimum absolute atomic E-state index is 0.0597. The third-order valence-corrected chi connectivity index (χ3v) is 4.81. The van der Waals surface area contributed by atoms with Gasteiger partial charge in [0.05, 0.1) is 32.8 Å². The molecule has 1 saturated heterocycles. The third kappa shape index (κ3) is 6.26. The smallest absolute Gasteiger partial charge is 0.254 e. The van der Waals surface area contributed by atoms with E-state index >= 15 is 0 Å². The standard InChI is InChI=1S/C22H34N2O6/c1-5-28-18-15-17(16-19(29-6-2)21(18)30-7-3)22(26)24-11-8-10-23(12-13-24)20(25)9-14-27-4/h15-16H,5-14H2,1-4H3. The Hall–Kier alpha value is -2.48. The molecule has 2 amide bonds. The zero-order valence-corrected chi connectivity index (χ0v) is 18.6. The Labute approximate surface area is 179 Å². The van der Waals surface area contributed by atoms with Crippen LogP contribution in [0.4, 0.5) is 0 Å². The van der Waals surface area contributed by atoms with Crippen LogP contribution in [-0.4, -0.2) is 81.3 Å².